The molecule has 0 spiro atoms. The first-order valence-corrected chi connectivity index (χ1v) is 6.32. The van der Waals surface area contributed by atoms with Gasteiger partial charge in [-0.1, -0.05) is 11.2 Å². The Hall–Kier alpha value is -2.15. The Morgan fingerprint density at radius 2 is 2.16 bits per heavy atom. The number of anilines is 1. The number of nitrogens with zero attached hydrogens (tertiary/aromatic N) is 4. The lowest BCUT2D eigenvalue weighted by atomic mass is 10.2. The van der Waals surface area contributed by atoms with Crippen LogP contribution in [0.5, 0.6) is 0 Å². The van der Waals surface area contributed by atoms with Crippen LogP contribution in [0, 0.1) is 0 Å². The molecule has 0 saturated carbocycles. The number of nitrogens with two attached hydrogens (primary N) is 1. The summed E-state index contributed by atoms with van der Waals surface area (Å²) >= 11 is 3.37. The van der Waals surface area contributed by atoms with E-state index in [4.69, 9.17) is 10.3 Å². The molecule has 2 aromatic heterocycles. The van der Waals surface area contributed by atoms with Gasteiger partial charge in [0.2, 0.25) is 5.82 Å². The van der Waals surface area contributed by atoms with Crippen molar-refractivity contribution in [2.45, 2.75) is 0 Å². The molecule has 0 amide bonds. The van der Waals surface area contributed by atoms with E-state index in [9.17, 15) is 0 Å². The Labute approximate surface area is 117 Å². The fourth-order valence-corrected chi connectivity index (χ4v) is 2.06. The Balaban J connectivity index is 2.04. The van der Waals surface area contributed by atoms with E-state index >= 15 is 0 Å². The van der Waals surface area contributed by atoms with Crippen molar-refractivity contribution in [2.75, 3.05) is 5.73 Å². The van der Waals surface area contributed by atoms with Crippen LogP contribution >= 0.6 is 15.9 Å². The maximum atomic E-state index is 5.97. The smallest absolute Gasteiger partial charge is 0.260 e. The lowest BCUT2D eigenvalue weighted by Crippen LogP contribution is -1.91. The predicted octanol–water partition coefficient (Wildman–Crippen LogP) is 2.48. The van der Waals surface area contributed by atoms with Gasteiger partial charge in [-0.25, -0.2) is 0 Å². The molecule has 0 radical (unpaired) electrons. The highest BCUT2D eigenvalue weighted by molar-refractivity contribution is 9.10. The molecule has 0 atom stereocenters. The molecule has 0 aliphatic heterocycles. The zero-order valence-corrected chi connectivity index (χ0v) is 11.6. The van der Waals surface area contributed by atoms with Gasteiger partial charge in [-0.2, -0.15) is 10.1 Å². The number of halogens is 1. The van der Waals surface area contributed by atoms with Crippen LogP contribution in [0.1, 0.15) is 0 Å². The van der Waals surface area contributed by atoms with Gasteiger partial charge in [0.15, 0.2) is 0 Å². The summed E-state index contributed by atoms with van der Waals surface area (Å²) in [7, 11) is 1.83. The average molecular weight is 320 g/mol. The average Bonchev–Trinajstić information content (AvgIpc) is 3.01. The lowest BCUT2D eigenvalue weighted by Gasteiger charge is -2.01. The van der Waals surface area contributed by atoms with Crippen molar-refractivity contribution in [2.24, 2.45) is 7.05 Å². The highest BCUT2D eigenvalue weighted by Gasteiger charge is 2.15. The van der Waals surface area contributed by atoms with Crippen LogP contribution in [0.25, 0.3) is 23.0 Å². The van der Waals surface area contributed by atoms with E-state index in [1.54, 1.807) is 4.68 Å². The number of para-hydroxylation sites is 1. The van der Waals surface area contributed by atoms with Crippen LogP contribution in [0.3, 0.4) is 0 Å². The van der Waals surface area contributed by atoms with Gasteiger partial charge in [0.1, 0.15) is 5.69 Å². The van der Waals surface area contributed by atoms with Crippen molar-refractivity contribution in [1.82, 2.24) is 19.9 Å². The van der Waals surface area contributed by atoms with Crippen molar-refractivity contribution in [3.05, 3.63) is 34.9 Å². The maximum Gasteiger partial charge on any atom is 0.260 e. The SMILES string of the molecule is Cn1ccc(-c2noc(-c3cccc(Br)c3N)n2)n1. The predicted molar refractivity (Wildman–Crippen MR) is 74.0 cm³/mol. The lowest BCUT2D eigenvalue weighted by molar-refractivity contribution is 0.432. The number of aromatic nitrogens is 4. The van der Waals surface area contributed by atoms with Gasteiger partial charge in [0.05, 0.1) is 11.3 Å². The molecular formula is C12H10BrN5O. The number of hydrogen-bond acceptors (Lipinski definition) is 5. The first-order valence-electron chi connectivity index (χ1n) is 5.53. The van der Waals surface area contributed by atoms with Crippen molar-refractivity contribution >= 4 is 21.6 Å². The van der Waals surface area contributed by atoms with Crippen LogP contribution in [0.4, 0.5) is 5.69 Å². The summed E-state index contributed by atoms with van der Waals surface area (Å²) in [6.07, 6.45) is 1.82. The highest BCUT2D eigenvalue weighted by Crippen LogP contribution is 2.31. The zero-order valence-electron chi connectivity index (χ0n) is 10.0. The first-order chi connectivity index (χ1) is 9.15. The van der Waals surface area contributed by atoms with Gasteiger partial charge >= 0.3 is 0 Å². The zero-order chi connectivity index (χ0) is 13.4. The van der Waals surface area contributed by atoms with Crippen molar-refractivity contribution in [1.29, 1.82) is 0 Å². The van der Waals surface area contributed by atoms with E-state index in [2.05, 4.69) is 31.2 Å². The molecule has 19 heavy (non-hydrogen) atoms. The van der Waals surface area contributed by atoms with Crippen LogP contribution in [0.2, 0.25) is 0 Å². The van der Waals surface area contributed by atoms with Gasteiger partial charge in [0, 0.05) is 17.7 Å². The van der Waals surface area contributed by atoms with Gasteiger partial charge in [-0.15, -0.1) is 0 Å². The number of benzene rings is 1. The highest BCUT2D eigenvalue weighted by atomic mass is 79.9. The Morgan fingerprint density at radius 1 is 1.32 bits per heavy atom. The maximum absolute atomic E-state index is 5.97. The minimum Gasteiger partial charge on any atom is -0.397 e. The van der Waals surface area contributed by atoms with E-state index < -0.39 is 0 Å². The summed E-state index contributed by atoms with van der Waals surface area (Å²) in [5.41, 5.74) is 7.90. The molecule has 1 aromatic carbocycles. The number of rotatable bonds is 2. The normalized spacial score (nSPS) is 10.8. The fraction of sp³-hybridized carbons (Fsp3) is 0.0833. The molecule has 2 heterocycles. The summed E-state index contributed by atoms with van der Waals surface area (Å²) < 4.78 is 7.71. The molecule has 96 valence electrons. The largest absolute Gasteiger partial charge is 0.397 e. The van der Waals surface area contributed by atoms with Crippen LogP contribution < -0.4 is 5.73 Å². The molecule has 2 N–H and O–H groups in total. The van der Waals surface area contributed by atoms with Crippen LogP contribution in [-0.2, 0) is 7.05 Å². The molecule has 6 nitrogen and oxygen atoms in total. The van der Waals surface area contributed by atoms with E-state index in [1.807, 2.05) is 37.5 Å². The van der Waals surface area contributed by atoms with Crippen molar-refractivity contribution in [3.8, 4) is 23.0 Å². The van der Waals surface area contributed by atoms with Crippen LogP contribution in [0.15, 0.2) is 39.5 Å². The fourth-order valence-electron chi connectivity index (χ4n) is 1.69. The molecule has 0 saturated heterocycles. The standard InChI is InChI=1S/C12H10BrN5O/c1-18-6-5-9(16-18)11-15-12(19-17-11)7-3-2-4-8(13)10(7)14/h2-6H,14H2,1H3. The van der Waals surface area contributed by atoms with Crippen LogP contribution in [-0.4, -0.2) is 19.9 Å². The third kappa shape index (κ3) is 2.12. The molecular weight excluding hydrogens is 310 g/mol. The van der Waals surface area contributed by atoms with Gasteiger partial charge < -0.3 is 10.3 Å². The quantitative estimate of drug-likeness (QED) is 0.734. The molecule has 0 bridgehead atoms. The minimum atomic E-state index is 0.374. The Morgan fingerprint density at radius 3 is 2.89 bits per heavy atom. The van der Waals surface area contributed by atoms with Crippen molar-refractivity contribution < 1.29 is 4.52 Å². The van der Waals surface area contributed by atoms with E-state index in [0.717, 1.165) is 4.47 Å². The third-order valence-corrected chi connectivity index (χ3v) is 3.34. The summed E-state index contributed by atoms with van der Waals surface area (Å²) in [5, 5.41) is 8.13. The monoisotopic (exact) mass is 319 g/mol. The molecule has 0 fully saturated rings. The number of nitrogen functional groups attached to an aromatic ring is 1. The molecule has 3 aromatic rings. The summed E-state index contributed by atoms with van der Waals surface area (Å²) in [4.78, 5) is 4.31. The van der Waals surface area contributed by atoms with Gasteiger partial charge in [-0.3, -0.25) is 4.68 Å². The second-order valence-corrected chi connectivity index (χ2v) is 4.85. The van der Waals surface area contributed by atoms with E-state index in [-0.39, 0.29) is 0 Å². The minimum absolute atomic E-state index is 0.374. The number of aryl methyl sites for hydroxylation is 1. The third-order valence-electron chi connectivity index (χ3n) is 2.65. The van der Waals surface area contributed by atoms with E-state index in [0.29, 0.717) is 28.7 Å². The van der Waals surface area contributed by atoms with Crippen molar-refractivity contribution in [3.63, 3.8) is 0 Å². The Kier molecular flexibility index (Phi) is 2.83. The van der Waals surface area contributed by atoms with Gasteiger partial charge in [-0.05, 0) is 34.1 Å². The molecule has 7 heteroatoms. The molecule has 0 unspecified atom stereocenters. The second kappa shape index (κ2) is 4.51. The molecule has 0 aliphatic rings. The van der Waals surface area contributed by atoms with E-state index in [1.165, 1.54) is 0 Å². The summed E-state index contributed by atoms with van der Waals surface area (Å²) in [6, 6.07) is 7.37. The summed E-state index contributed by atoms with van der Waals surface area (Å²) in [6.45, 7) is 0. The second-order valence-electron chi connectivity index (χ2n) is 4.00. The topological polar surface area (TPSA) is 82.8 Å². The summed E-state index contributed by atoms with van der Waals surface area (Å²) in [5.74, 6) is 0.814. The molecule has 3 rings (SSSR count). The Bertz CT molecular complexity index is 733. The number of hydrogen-bond donors (Lipinski definition) is 1. The van der Waals surface area contributed by atoms with Gasteiger partial charge in [0.25, 0.3) is 5.89 Å². The molecule has 0 aliphatic carbocycles. The first kappa shape index (κ1) is 11.9.